The number of thioether (sulfide) groups is 1. The summed E-state index contributed by atoms with van der Waals surface area (Å²) in [5.41, 5.74) is 3.44. The number of esters is 1. The van der Waals surface area contributed by atoms with Crippen molar-refractivity contribution in [3.05, 3.63) is 113 Å². The second-order valence-electron chi connectivity index (χ2n) is 8.67. The van der Waals surface area contributed by atoms with Crippen LogP contribution in [-0.2, 0) is 27.2 Å². The van der Waals surface area contributed by atoms with Crippen molar-refractivity contribution in [3.63, 3.8) is 0 Å². The van der Waals surface area contributed by atoms with Gasteiger partial charge in [-0.1, -0.05) is 96.7 Å². The molecule has 0 spiro atoms. The molecular formula is C30H28N2O4S2. The average Bonchev–Trinajstić information content (AvgIpc) is 3.51. The van der Waals surface area contributed by atoms with Gasteiger partial charge < -0.3 is 10.1 Å². The maximum Gasteiger partial charge on any atom is 0.328 e. The Hall–Kier alpha value is -3.75. The molecule has 0 aliphatic carbocycles. The van der Waals surface area contributed by atoms with Crippen LogP contribution in [0.4, 0.5) is 0 Å². The molecule has 0 aliphatic heterocycles. The first-order valence-corrected chi connectivity index (χ1v) is 14.0. The van der Waals surface area contributed by atoms with Crippen LogP contribution in [0.1, 0.15) is 21.5 Å². The molecule has 1 N–H and O–H groups in total. The predicted octanol–water partition coefficient (Wildman–Crippen LogP) is 5.44. The molecule has 4 rings (SSSR count). The third-order valence-electron chi connectivity index (χ3n) is 6.00. The first-order chi connectivity index (χ1) is 18.5. The van der Waals surface area contributed by atoms with Crippen LogP contribution in [0, 0.1) is 5.92 Å². The maximum atomic E-state index is 13.5. The van der Waals surface area contributed by atoms with E-state index in [-0.39, 0.29) is 23.2 Å². The van der Waals surface area contributed by atoms with Crippen LogP contribution in [0.3, 0.4) is 0 Å². The molecule has 1 amide bonds. The number of carbonyl (C=O) groups excluding carboxylic acids is 3. The SMILES string of the molecule is COC(=O)[C@H](Cc1ccc(-c2nccs2)cc1)NC(=O)C(CSC(=O)c1ccccc1)Cc1ccccc1. The number of amides is 1. The first kappa shape index (κ1) is 27.3. The second kappa shape index (κ2) is 13.7. The van der Waals surface area contributed by atoms with Gasteiger partial charge in [-0.15, -0.1) is 11.3 Å². The normalized spacial score (nSPS) is 12.3. The number of thiazole rings is 1. The van der Waals surface area contributed by atoms with Gasteiger partial charge in [0.2, 0.25) is 11.0 Å². The first-order valence-electron chi connectivity index (χ1n) is 12.2. The molecule has 1 unspecified atom stereocenters. The smallest absolute Gasteiger partial charge is 0.328 e. The molecule has 8 heteroatoms. The fourth-order valence-corrected chi connectivity index (χ4v) is 5.54. The van der Waals surface area contributed by atoms with Crippen LogP contribution < -0.4 is 5.32 Å². The molecule has 194 valence electrons. The molecule has 2 atom stereocenters. The van der Waals surface area contributed by atoms with Crippen molar-refractivity contribution < 1.29 is 19.1 Å². The predicted molar refractivity (Wildman–Crippen MR) is 152 cm³/mol. The van der Waals surface area contributed by atoms with Crippen molar-refractivity contribution in [1.29, 1.82) is 0 Å². The summed E-state index contributed by atoms with van der Waals surface area (Å²) in [6.07, 6.45) is 2.48. The number of hydrogen-bond donors (Lipinski definition) is 1. The Bertz CT molecular complexity index is 1330. The van der Waals surface area contributed by atoms with Crippen molar-refractivity contribution in [2.75, 3.05) is 12.9 Å². The number of nitrogens with one attached hydrogen (secondary N) is 1. The van der Waals surface area contributed by atoms with Gasteiger partial charge in [0.15, 0.2) is 0 Å². The van der Waals surface area contributed by atoms with Gasteiger partial charge in [-0.25, -0.2) is 9.78 Å². The summed E-state index contributed by atoms with van der Waals surface area (Å²) in [7, 11) is 1.31. The fraction of sp³-hybridized carbons (Fsp3) is 0.200. The number of carbonyl (C=O) groups is 3. The number of aromatic nitrogens is 1. The molecule has 0 saturated heterocycles. The third-order valence-corrected chi connectivity index (χ3v) is 7.89. The minimum atomic E-state index is -0.855. The van der Waals surface area contributed by atoms with Gasteiger partial charge in [0.1, 0.15) is 11.0 Å². The quantitative estimate of drug-likeness (QED) is 0.253. The molecule has 1 heterocycles. The number of rotatable bonds is 11. The van der Waals surface area contributed by atoms with E-state index >= 15 is 0 Å². The van der Waals surface area contributed by atoms with Crippen LogP contribution in [0.15, 0.2) is 96.5 Å². The molecule has 0 fully saturated rings. The van der Waals surface area contributed by atoms with Crippen molar-refractivity contribution >= 4 is 40.1 Å². The Labute approximate surface area is 230 Å². The Balaban J connectivity index is 1.46. The van der Waals surface area contributed by atoms with Gasteiger partial charge in [-0.05, 0) is 17.5 Å². The van der Waals surface area contributed by atoms with Crippen molar-refractivity contribution in [1.82, 2.24) is 10.3 Å². The van der Waals surface area contributed by atoms with E-state index in [0.717, 1.165) is 33.5 Å². The summed E-state index contributed by atoms with van der Waals surface area (Å²) >= 11 is 2.66. The van der Waals surface area contributed by atoms with E-state index in [4.69, 9.17) is 4.74 Å². The Morgan fingerprint density at radius 3 is 2.18 bits per heavy atom. The molecule has 0 aliphatic rings. The summed E-state index contributed by atoms with van der Waals surface area (Å²) in [6.45, 7) is 0. The second-order valence-corrected chi connectivity index (χ2v) is 10.6. The number of hydrogen-bond acceptors (Lipinski definition) is 7. The van der Waals surface area contributed by atoms with Crippen LogP contribution in [0.25, 0.3) is 10.6 Å². The molecule has 0 saturated carbocycles. The fourth-order valence-electron chi connectivity index (χ4n) is 3.97. The highest BCUT2D eigenvalue weighted by Crippen LogP contribution is 2.23. The Morgan fingerprint density at radius 1 is 0.895 bits per heavy atom. The minimum absolute atomic E-state index is 0.0960. The topological polar surface area (TPSA) is 85.4 Å². The molecule has 6 nitrogen and oxygen atoms in total. The van der Waals surface area contributed by atoms with E-state index in [1.54, 1.807) is 29.7 Å². The van der Waals surface area contributed by atoms with Crippen LogP contribution >= 0.6 is 23.1 Å². The molecule has 38 heavy (non-hydrogen) atoms. The van der Waals surface area contributed by atoms with E-state index in [1.807, 2.05) is 78.2 Å². The lowest BCUT2D eigenvalue weighted by Crippen LogP contribution is -2.46. The third kappa shape index (κ3) is 7.63. The highest BCUT2D eigenvalue weighted by molar-refractivity contribution is 8.14. The number of ether oxygens (including phenoxy) is 1. The lowest BCUT2D eigenvalue weighted by molar-refractivity contribution is -0.145. The van der Waals surface area contributed by atoms with E-state index < -0.39 is 17.9 Å². The summed E-state index contributed by atoms with van der Waals surface area (Å²) in [5, 5.41) is 5.64. The van der Waals surface area contributed by atoms with Crippen molar-refractivity contribution in [2.24, 2.45) is 5.92 Å². The number of methoxy groups -OCH3 is 1. The largest absolute Gasteiger partial charge is 0.467 e. The van der Waals surface area contributed by atoms with Gasteiger partial charge in [0.25, 0.3) is 0 Å². The monoisotopic (exact) mass is 544 g/mol. The Kier molecular flexibility index (Phi) is 9.84. The average molecular weight is 545 g/mol. The summed E-state index contributed by atoms with van der Waals surface area (Å²) in [6, 6.07) is 25.5. The van der Waals surface area contributed by atoms with E-state index in [1.165, 1.54) is 7.11 Å². The molecule has 0 bridgehead atoms. The van der Waals surface area contributed by atoms with Crippen molar-refractivity contribution in [2.45, 2.75) is 18.9 Å². The van der Waals surface area contributed by atoms with Gasteiger partial charge in [0.05, 0.1) is 13.0 Å². The number of nitrogens with zero attached hydrogens (tertiary/aromatic N) is 1. The minimum Gasteiger partial charge on any atom is -0.467 e. The van der Waals surface area contributed by atoms with Gasteiger partial charge in [0, 0.05) is 34.9 Å². The van der Waals surface area contributed by atoms with E-state index in [0.29, 0.717) is 12.0 Å². The standard InChI is InChI=1S/C30H28N2O4S2/c1-36-29(34)26(19-22-12-14-23(15-13-22)28-31-16-17-37-28)32-27(33)25(18-21-8-4-2-5-9-21)20-38-30(35)24-10-6-3-7-11-24/h2-17,25-26H,18-20H2,1H3,(H,32,33)/t25?,26-/m0/s1. The van der Waals surface area contributed by atoms with Crippen LogP contribution in [-0.4, -0.2) is 40.9 Å². The lowest BCUT2D eigenvalue weighted by atomic mass is 9.98. The molecule has 0 radical (unpaired) electrons. The van der Waals surface area contributed by atoms with E-state index in [9.17, 15) is 14.4 Å². The zero-order valence-corrected chi connectivity index (χ0v) is 22.5. The van der Waals surface area contributed by atoms with Gasteiger partial charge in [-0.3, -0.25) is 9.59 Å². The lowest BCUT2D eigenvalue weighted by Gasteiger charge is -2.21. The van der Waals surface area contributed by atoms with Crippen LogP contribution in [0.5, 0.6) is 0 Å². The molecule has 1 aromatic heterocycles. The Morgan fingerprint density at radius 2 is 1.55 bits per heavy atom. The summed E-state index contributed by atoms with van der Waals surface area (Å²) < 4.78 is 5.00. The van der Waals surface area contributed by atoms with Crippen molar-refractivity contribution in [3.8, 4) is 10.6 Å². The van der Waals surface area contributed by atoms with Gasteiger partial charge in [-0.2, -0.15) is 0 Å². The summed E-state index contributed by atoms with van der Waals surface area (Å²) in [4.78, 5) is 43.1. The zero-order valence-electron chi connectivity index (χ0n) is 20.9. The highest BCUT2D eigenvalue weighted by Gasteiger charge is 2.27. The summed E-state index contributed by atoms with van der Waals surface area (Å²) in [5.74, 6) is -1.05. The number of benzene rings is 3. The maximum absolute atomic E-state index is 13.5. The van der Waals surface area contributed by atoms with Gasteiger partial charge >= 0.3 is 5.97 Å². The molecule has 3 aromatic carbocycles. The van der Waals surface area contributed by atoms with E-state index in [2.05, 4.69) is 10.3 Å². The van der Waals surface area contributed by atoms with Crippen LogP contribution in [0.2, 0.25) is 0 Å². The molecule has 4 aromatic rings. The highest BCUT2D eigenvalue weighted by atomic mass is 32.2. The zero-order chi connectivity index (χ0) is 26.7. The molecular weight excluding hydrogens is 516 g/mol.